The predicted octanol–water partition coefficient (Wildman–Crippen LogP) is 3.99. The SMILES string of the molecule is CN(CCN(C)C(=O)OC(C)(C)C)Cc1cn(PI)nc1C1CCC(O)CC1. The van der Waals surface area contributed by atoms with E-state index < -0.39 is 5.60 Å². The number of aliphatic hydroxyl groups excluding tert-OH is 1. The number of likely N-dealkylation sites (N-methyl/N-ethyl adjacent to an activating group) is 2. The van der Waals surface area contributed by atoms with Crippen LogP contribution in [0.15, 0.2) is 6.20 Å². The molecule has 2 rings (SSSR count). The molecule has 0 bridgehead atoms. The van der Waals surface area contributed by atoms with E-state index in [0.29, 0.717) is 18.8 Å². The molecule has 9 heteroatoms. The Morgan fingerprint density at radius 1 is 1.32 bits per heavy atom. The van der Waals surface area contributed by atoms with Crippen LogP contribution in [0.4, 0.5) is 4.79 Å². The minimum atomic E-state index is -0.478. The maximum absolute atomic E-state index is 12.1. The van der Waals surface area contributed by atoms with Crippen LogP contribution in [0.1, 0.15) is 63.6 Å². The summed E-state index contributed by atoms with van der Waals surface area (Å²) in [6, 6.07) is 0. The van der Waals surface area contributed by atoms with E-state index in [1.165, 1.54) is 11.3 Å². The lowest BCUT2D eigenvalue weighted by Crippen LogP contribution is -2.38. The van der Waals surface area contributed by atoms with Crippen molar-refractivity contribution in [2.45, 2.75) is 70.6 Å². The second kappa shape index (κ2) is 10.5. The minimum Gasteiger partial charge on any atom is -0.444 e. The summed E-state index contributed by atoms with van der Waals surface area (Å²) >= 11 is 2.35. The van der Waals surface area contributed by atoms with Gasteiger partial charge in [-0.1, -0.05) is 0 Å². The summed E-state index contributed by atoms with van der Waals surface area (Å²) in [6.45, 7) is 7.80. The van der Waals surface area contributed by atoms with Gasteiger partial charge in [-0.2, -0.15) is 5.10 Å². The summed E-state index contributed by atoms with van der Waals surface area (Å²) in [5, 5.41) is 14.6. The second-order valence-electron chi connectivity index (χ2n) is 8.71. The highest BCUT2D eigenvalue weighted by Crippen LogP contribution is 2.36. The van der Waals surface area contributed by atoms with Crippen molar-refractivity contribution in [3.05, 3.63) is 17.5 Å². The van der Waals surface area contributed by atoms with Crippen LogP contribution < -0.4 is 0 Å². The number of carbonyl (C=O) groups excluding carboxylic acids is 1. The van der Waals surface area contributed by atoms with E-state index in [0.717, 1.165) is 38.8 Å². The third-order valence-corrected chi connectivity index (χ3v) is 6.84. The molecule has 0 spiro atoms. The van der Waals surface area contributed by atoms with Crippen molar-refractivity contribution < 1.29 is 14.6 Å². The van der Waals surface area contributed by atoms with Crippen LogP contribution in [0.2, 0.25) is 0 Å². The van der Waals surface area contributed by atoms with Crippen molar-refractivity contribution in [3.8, 4) is 0 Å². The molecule has 1 fully saturated rings. The topological polar surface area (TPSA) is 70.8 Å². The maximum atomic E-state index is 12.1. The smallest absolute Gasteiger partial charge is 0.410 e. The van der Waals surface area contributed by atoms with E-state index in [1.807, 2.05) is 25.2 Å². The van der Waals surface area contributed by atoms with Gasteiger partial charge < -0.3 is 19.6 Å². The lowest BCUT2D eigenvalue weighted by molar-refractivity contribution is 0.0286. The molecule has 7 nitrogen and oxygen atoms in total. The summed E-state index contributed by atoms with van der Waals surface area (Å²) in [7, 11) is 3.84. The van der Waals surface area contributed by atoms with E-state index >= 15 is 0 Å². The molecule has 0 aliphatic heterocycles. The summed E-state index contributed by atoms with van der Waals surface area (Å²) in [5.74, 6) is 0.435. The van der Waals surface area contributed by atoms with Crippen LogP contribution >= 0.6 is 28.4 Å². The van der Waals surface area contributed by atoms with Crippen LogP contribution in [-0.4, -0.2) is 69.4 Å². The highest BCUT2D eigenvalue weighted by Gasteiger charge is 2.26. The first-order chi connectivity index (χ1) is 13.1. The Morgan fingerprint density at radius 2 is 1.96 bits per heavy atom. The fourth-order valence-corrected chi connectivity index (χ4v) is 4.49. The van der Waals surface area contributed by atoms with E-state index in [1.54, 1.807) is 11.9 Å². The molecule has 1 aliphatic carbocycles. The van der Waals surface area contributed by atoms with Crippen molar-refractivity contribution in [1.29, 1.82) is 0 Å². The Morgan fingerprint density at radius 3 is 2.54 bits per heavy atom. The van der Waals surface area contributed by atoms with Crippen molar-refractivity contribution in [1.82, 2.24) is 19.4 Å². The Balaban J connectivity index is 1.93. The van der Waals surface area contributed by atoms with Gasteiger partial charge in [0.05, 0.1) is 18.2 Å². The van der Waals surface area contributed by atoms with Crippen LogP contribution in [-0.2, 0) is 11.3 Å². The van der Waals surface area contributed by atoms with E-state index in [4.69, 9.17) is 9.84 Å². The minimum absolute atomic E-state index is 0.153. The Kier molecular flexibility index (Phi) is 8.98. The number of aliphatic hydroxyl groups is 1. The third kappa shape index (κ3) is 7.43. The molecule has 1 amide bonds. The van der Waals surface area contributed by atoms with Gasteiger partial charge in [0, 0.05) is 44.4 Å². The molecular formula is C19H34IN4O3P. The predicted molar refractivity (Wildman–Crippen MR) is 122 cm³/mol. The molecule has 160 valence electrons. The molecule has 1 N–H and O–H groups in total. The molecule has 1 aliphatic rings. The highest BCUT2D eigenvalue weighted by atomic mass is 127. The second-order valence-corrected chi connectivity index (χ2v) is 10.8. The number of hydrogen-bond acceptors (Lipinski definition) is 5. The zero-order valence-corrected chi connectivity index (χ0v) is 20.8. The number of rotatable bonds is 7. The number of halogens is 1. The number of nitrogens with zero attached hydrogens (tertiary/aromatic N) is 4. The van der Waals surface area contributed by atoms with E-state index in [9.17, 15) is 9.90 Å². The number of aromatic nitrogens is 2. The molecule has 1 atom stereocenters. The third-order valence-electron chi connectivity index (χ3n) is 4.96. The van der Waals surface area contributed by atoms with Gasteiger partial charge in [0.2, 0.25) is 0 Å². The average molecular weight is 524 g/mol. The molecule has 1 aromatic heterocycles. The molecule has 28 heavy (non-hydrogen) atoms. The fourth-order valence-electron chi connectivity index (χ4n) is 3.40. The number of amides is 1. The molecule has 0 aromatic carbocycles. The van der Waals surface area contributed by atoms with Crippen LogP contribution in [0.25, 0.3) is 0 Å². The lowest BCUT2D eigenvalue weighted by atomic mass is 9.84. The largest absolute Gasteiger partial charge is 0.444 e. The summed E-state index contributed by atoms with van der Waals surface area (Å²) < 4.78 is 7.43. The van der Waals surface area contributed by atoms with Gasteiger partial charge in [-0.05, 0) is 75.5 Å². The molecule has 1 saturated carbocycles. The van der Waals surface area contributed by atoms with Gasteiger partial charge in [-0.25, -0.2) is 9.25 Å². The standard InChI is InChI=1S/C19H34IN4O3P/c1-19(2,3)27-18(26)23(5)11-10-22(4)12-15-13-24(28-20)21-17(15)14-6-8-16(25)9-7-14/h13-14,16,25,28H,6-12H2,1-5H3. The van der Waals surface area contributed by atoms with Gasteiger partial charge >= 0.3 is 6.09 Å². The van der Waals surface area contributed by atoms with Gasteiger partial charge in [-0.15, -0.1) is 0 Å². The van der Waals surface area contributed by atoms with Crippen LogP contribution in [0.5, 0.6) is 0 Å². The van der Waals surface area contributed by atoms with Crippen molar-refractivity contribution in [2.75, 3.05) is 27.2 Å². The van der Waals surface area contributed by atoms with E-state index in [2.05, 4.69) is 40.2 Å². The lowest BCUT2D eigenvalue weighted by Gasteiger charge is -2.27. The fraction of sp³-hybridized carbons (Fsp3) is 0.789. The summed E-state index contributed by atoms with van der Waals surface area (Å²) in [4.78, 5) is 16.0. The molecule has 1 heterocycles. The Labute approximate surface area is 183 Å². The summed E-state index contributed by atoms with van der Waals surface area (Å²) in [5.41, 5.74) is 1.96. The first-order valence-electron chi connectivity index (χ1n) is 9.85. The van der Waals surface area contributed by atoms with Crippen molar-refractivity contribution in [2.24, 2.45) is 0 Å². The van der Waals surface area contributed by atoms with Gasteiger partial charge in [-0.3, -0.25) is 0 Å². The Bertz CT molecular complexity index is 642. The maximum Gasteiger partial charge on any atom is 0.410 e. The molecule has 1 aromatic rings. The first-order valence-corrected chi connectivity index (χ1v) is 13.9. The van der Waals surface area contributed by atoms with Crippen LogP contribution in [0, 0.1) is 0 Å². The monoisotopic (exact) mass is 524 g/mol. The highest BCUT2D eigenvalue weighted by molar-refractivity contribution is 14.2. The molecule has 0 saturated heterocycles. The Hall–Kier alpha value is -0.440. The zero-order chi connectivity index (χ0) is 20.9. The summed E-state index contributed by atoms with van der Waals surface area (Å²) in [6.07, 6.45) is 6.01. The van der Waals surface area contributed by atoms with E-state index in [-0.39, 0.29) is 12.2 Å². The van der Waals surface area contributed by atoms with Gasteiger partial charge in [0.1, 0.15) is 5.60 Å². The molecule has 1 unspecified atom stereocenters. The zero-order valence-electron chi connectivity index (χ0n) is 17.6. The van der Waals surface area contributed by atoms with Crippen LogP contribution in [0.3, 0.4) is 0 Å². The number of ether oxygens (including phenoxy) is 1. The molecule has 0 radical (unpaired) electrons. The van der Waals surface area contributed by atoms with Crippen molar-refractivity contribution in [3.63, 3.8) is 0 Å². The molecular weight excluding hydrogens is 490 g/mol. The van der Waals surface area contributed by atoms with Gasteiger partial charge in [0.25, 0.3) is 0 Å². The normalized spacial score (nSPS) is 20.9. The quantitative estimate of drug-likeness (QED) is 0.432. The average Bonchev–Trinajstić information content (AvgIpc) is 3.01. The number of carbonyl (C=O) groups is 1. The number of hydrogen-bond donors (Lipinski definition) is 1. The van der Waals surface area contributed by atoms with Gasteiger partial charge in [0.15, 0.2) is 0 Å². The van der Waals surface area contributed by atoms with Crippen molar-refractivity contribution >= 4 is 34.5 Å². The first kappa shape index (κ1) is 23.8.